The van der Waals surface area contributed by atoms with Crippen LogP contribution >= 0.6 is 0 Å². The van der Waals surface area contributed by atoms with Gasteiger partial charge in [0.2, 0.25) is 0 Å². The third-order valence-corrected chi connectivity index (χ3v) is 3.41. The van der Waals surface area contributed by atoms with Gasteiger partial charge in [0, 0.05) is 39.4 Å². The molecule has 0 saturated carbocycles. The molecule has 0 aromatic rings. The number of piperazine rings is 1. The van der Waals surface area contributed by atoms with Crippen LogP contribution < -0.4 is 10.5 Å². The SMILES string of the molecule is COCCC1CNCCN1S(N)(=O)=O. The maximum absolute atomic E-state index is 11.2. The van der Waals surface area contributed by atoms with E-state index in [9.17, 15) is 8.42 Å². The second-order valence-electron chi connectivity index (χ2n) is 3.30. The van der Waals surface area contributed by atoms with Crippen LogP contribution in [0.2, 0.25) is 0 Å². The Morgan fingerprint density at radius 1 is 1.64 bits per heavy atom. The Labute approximate surface area is 84.6 Å². The van der Waals surface area contributed by atoms with Crippen molar-refractivity contribution in [2.24, 2.45) is 5.14 Å². The zero-order chi connectivity index (χ0) is 10.6. The molecule has 1 aliphatic rings. The normalized spacial score (nSPS) is 25.1. The average molecular weight is 223 g/mol. The highest BCUT2D eigenvalue weighted by atomic mass is 32.2. The highest BCUT2D eigenvalue weighted by Gasteiger charge is 2.29. The van der Waals surface area contributed by atoms with Gasteiger partial charge in [-0.15, -0.1) is 0 Å². The van der Waals surface area contributed by atoms with Crippen molar-refractivity contribution in [2.45, 2.75) is 12.5 Å². The number of rotatable bonds is 4. The predicted molar refractivity (Wildman–Crippen MR) is 53.0 cm³/mol. The fourth-order valence-corrected chi connectivity index (χ4v) is 2.52. The number of methoxy groups -OCH3 is 1. The molecule has 1 atom stereocenters. The molecule has 6 nitrogen and oxygen atoms in total. The monoisotopic (exact) mass is 223 g/mol. The summed E-state index contributed by atoms with van der Waals surface area (Å²) in [7, 11) is -1.97. The summed E-state index contributed by atoms with van der Waals surface area (Å²) >= 11 is 0. The molecule has 0 aromatic heterocycles. The number of ether oxygens (including phenoxy) is 1. The van der Waals surface area contributed by atoms with Gasteiger partial charge in [0.05, 0.1) is 0 Å². The second-order valence-corrected chi connectivity index (χ2v) is 4.79. The molecule has 1 saturated heterocycles. The Morgan fingerprint density at radius 3 is 2.93 bits per heavy atom. The van der Waals surface area contributed by atoms with Crippen LogP contribution in [0.3, 0.4) is 0 Å². The van der Waals surface area contributed by atoms with E-state index < -0.39 is 10.2 Å². The van der Waals surface area contributed by atoms with Gasteiger partial charge >= 0.3 is 0 Å². The number of nitrogens with one attached hydrogen (secondary N) is 1. The fraction of sp³-hybridized carbons (Fsp3) is 1.00. The van der Waals surface area contributed by atoms with E-state index in [1.807, 2.05) is 0 Å². The first kappa shape index (κ1) is 11.9. The van der Waals surface area contributed by atoms with Crippen molar-refractivity contribution in [3.8, 4) is 0 Å². The van der Waals surface area contributed by atoms with Crippen molar-refractivity contribution >= 4 is 10.2 Å². The molecule has 0 amide bonds. The smallest absolute Gasteiger partial charge is 0.277 e. The number of nitrogens with two attached hydrogens (primary N) is 1. The van der Waals surface area contributed by atoms with E-state index in [2.05, 4.69) is 5.32 Å². The van der Waals surface area contributed by atoms with Crippen LogP contribution in [0.1, 0.15) is 6.42 Å². The van der Waals surface area contributed by atoms with Crippen LogP contribution in [0.4, 0.5) is 0 Å². The third kappa shape index (κ3) is 3.18. The molecular weight excluding hydrogens is 206 g/mol. The lowest BCUT2D eigenvalue weighted by atomic mass is 10.2. The van der Waals surface area contributed by atoms with Crippen LogP contribution in [0.15, 0.2) is 0 Å². The van der Waals surface area contributed by atoms with Gasteiger partial charge in [0.25, 0.3) is 10.2 Å². The van der Waals surface area contributed by atoms with Gasteiger partial charge in [-0.2, -0.15) is 12.7 Å². The number of hydrogen-bond acceptors (Lipinski definition) is 4. The summed E-state index contributed by atoms with van der Waals surface area (Å²) in [5.41, 5.74) is 0. The Kier molecular flexibility index (Phi) is 4.27. The van der Waals surface area contributed by atoms with Gasteiger partial charge in [-0.1, -0.05) is 0 Å². The Balaban J connectivity index is 2.60. The van der Waals surface area contributed by atoms with Crippen molar-refractivity contribution in [3.05, 3.63) is 0 Å². The average Bonchev–Trinajstić information content (AvgIpc) is 2.14. The van der Waals surface area contributed by atoms with Crippen molar-refractivity contribution < 1.29 is 13.2 Å². The highest BCUT2D eigenvalue weighted by Crippen LogP contribution is 2.09. The maximum atomic E-state index is 11.2. The summed E-state index contributed by atoms with van der Waals surface area (Å²) in [4.78, 5) is 0. The molecule has 1 fully saturated rings. The molecule has 14 heavy (non-hydrogen) atoms. The van der Waals surface area contributed by atoms with Crippen molar-refractivity contribution in [1.29, 1.82) is 0 Å². The third-order valence-electron chi connectivity index (χ3n) is 2.28. The number of hydrogen-bond donors (Lipinski definition) is 2. The predicted octanol–water partition coefficient (Wildman–Crippen LogP) is -1.50. The van der Waals surface area contributed by atoms with Gasteiger partial charge in [-0.25, -0.2) is 5.14 Å². The fourth-order valence-electron chi connectivity index (χ4n) is 1.58. The summed E-state index contributed by atoms with van der Waals surface area (Å²) in [5, 5.41) is 8.23. The summed E-state index contributed by atoms with van der Waals surface area (Å²) in [6.45, 7) is 2.27. The molecule has 0 spiro atoms. The van der Waals surface area contributed by atoms with E-state index in [1.165, 1.54) is 4.31 Å². The van der Waals surface area contributed by atoms with E-state index >= 15 is 0 Å². The maximum Gasteiger partial charge on any atom is 0.277 e. The van der Waals surface area contributed by atoms with E-state index in [4.69, 9.17) is 9.88 Å². The molecule has 84 valence electrons. The van der Waals surface area contributed by atoms with E-state index in [1.54, 1.807) is 7.11 Å². The second kappa shape index (κ2) is 5.04. The van der Waals surface area contributed by atoms with Crippen LogP contribution in [0, 0.1) is 0 Å². The van der Waals surface area contributed by atoms with Gasteiger partial charge in [-0.05, 0) is 6.42 Å². The van der Waals surface area contributed by atoms with Crippen LogP contribution in [-0.2, 0) is 14.9 Å². The Morgan fingerprint density at radius 2 is 2.36 bits per heavy atom. The van der Waals surface area contributed by atoms with Crippen LogP contribution in [0.5, 0.6) is 0 Å². The Bertz CT molecular complexity index is 267. The van der Waals surface area contributed by atoms with Crippen molar-refractivity contribution in [1.82, 2.24) is 9.62 Å². The standard InChI is InChI=1S/C7H17N3O3S/c1-13-5-2-7-6-9-3-4-10(7)14(8,11)12/h7,9H,2-6H2,1H3,(H2,8,11,12). The lowest BCUT2D eigenvalue weighted by molar-refractivity contribution is 0.156. The molecule has 0 radical (unpaired) electrons. The molecule has 7 heteroatoms. The molecule has 1 rings (SSSR count). The van der Waals surface area contributed by atoms with Crippen molar-refractivity contribution in [2.75, 3.05) is 33.4 Å². The van der Waals surface area contributed by atoms with E-state index in [0.717, 1.165) is 0 Å². The molecule has 1 aliphatic heterocycles. The largest absolute Gasteiger partial charge is 0.385 e. The molecular formula is C7H17N3O3S. The molecule has 3 N–H and O–H groups in total. The first-order chi connectivity index (χ1) is 6.55. The van der Waals surface area contributed by atoms with Gasteiger partial charge in [0.15, 0.2) is 0 Å². The molecule has 0 aliphatic carbocycles. The van der Waals surface area contributed by atoms with Crippen LogP contribution in [-0.4, -0.2) is 52.1 Å². The van der Waals surface area contributed by atoms with Gasteiger partial charge in [-0.3, -0.25) is 0 Å². The summed E-state index contributed by atoms with van der Waals surface area (Å²) in [6.07, 6.45) is 0.667. The summed E-state index contributed by atoms with van der Waals surface area (Å²) < 4.78 is 28.6. The lowest BCUT2D eigenvalue weighted by Gasteiger charge is -2.33. The first-order valence-electron chi connectivity index (χ1n) is 4.55. The lowest BCUT2D eigenvalue weighted by Crippen LogP contribution is -2.55. The Hall–Kier alpha value is -0.210. The minimum absolute atomic E-state index is 0.0845. The topological polar surface area (TPSA) is 84.7 Å². The number of nitrogens with zero attached hydrogens (tertiary/aromatic N) is 1. The molecule has 1 unspecified atom stereocenters. The summed E-state index contributed by atoms with van der Waals surface area (Å²) in [6, 6.07) is -0.0845. The minimum Gasteiger partial charge on any atom is -0.385 e. The molecule has 0 bridgehead atoms. The van der Waals surface area contributed by atoms with Gasteiger partial charge in [0.1, 0.15) is 0 Å². The van der Waals surface area contributed by atoms with Gasteiger partial charge < -0.3 is 10.1 Å². The zero-order valence-electron chi connectivity index (χ0n) is 8.27. The van der Waals surface area contributed by atoms with E-state index in [-0.39, 0.29) is 6.04 Å². The molecule has 1 heterocycles. The first-order valence-corrected chi connectivity index (χ1v) is 6.05. The quantitative estimate of drug-likeness (QED) is 0.607. The highest BCUT2D eigenvalue weighted by molar-refractivity contribution is 7.86. The minimum atomic E-state index is -3.57. The zero-order valence-corrected chi connectivity index (χ0v) is 9.09. The summed E-state index contributed by atoms with van der Waals surface area (Å²) in [5.74, 6) is 0. The van der Waals surface area contributed by atoms with Crippen LogP contribution in [0.25, 0.3) is 0 Å². The van der Waals surface area contributed by atoms with Crippen molar-refractivity contribution in [3.63, 3.8) is 0 Å². The van der Waals surface area contributed by atoms with E-state index in [0.29, 0.717) is 32.7 Å². The molecule has 0 aromatic carbocycles.